The number of hydrogen-bond donors (Lipinski definition) is 0. The monoisotopic (exact) mass is 562 g/mol. The quantitative estimate of drug-likeness (QED) is 0.249. The third-order valence-corrected chi connectivity index (χ3v) is 8.23. The first-order valence-corrected chi connectivity index (χ1v) is 13.5. The van der Waals surface area contributed by atoms with Crippen LogP contribution < -0.4 is 4.74 Å². The maximum atomic E-state index is 13.5. The summed E-state index contributed by atoms with van der Waals surface area (Å²) in [7, 11) is -4.12. The Balaban J connectivity index is 1.26. The van der Waals surface area contributed by atoms with Crippen LogP contribution in [0.15, 0.2) is 76.4 Å². The number of rotatable bonds is 8. The fourth-order valence-corrected chi connectivity index (χ4v) is 6.26. The van der Waals surface area contributed by atoms with E-state index in [1.165, 1.54) is 54.7 Å². The van der Waals surface area contributed by atoms with Crippen LogP contribution in [0.25, 0.3) is 22.2 Å². The van der Waals surface area contributed by atoms with Crippen molar-refractivity contribution in [3.63, 3.8) is 0 Å². The molecule has 204 valence electrons. The van der Waals surface area contributed by atoms with Gasteiger partial charge in [-0.2, -0.15) is 4.31 Å². The predicted octanol–water partition coefficient (Wildman–Crippen LogP) is 5.89. The van der Waals surface area contributed by atoms with E-state index < -0.39 is 28.2 Å². The number of sulfonamides is 1. The van der Waals surface area contributed by atoms with Crippen LogP contribution in [0.4, 0.5) is 17.6 Å². The summed E-state index contributed by atoms with van der Waals surface area (Å²) in [4.78, 5) is 17.4. The van der Waals surface area contributed by atoms with Gasteiger partial charge in [0.25, 0.3) is 10.0 Å². The zero-order chi connectivity index (χ0) is 27.8. The maximum Gasteiger partial charge on any atom is 0.573 e. The van der Waals surface area contributed by atoms with E-state index in [2.05, 4.69) is 9.72 Å². The van der Waals surface area contributed by atoms with Crippen LogP contribution >= 0.6 is 0 Å². The Kier molecular flexibility index (Phi) is 7.17. The van der Waals surface area contributed by atoms with Gasteiger partial charge in [0, 0.05) is 36.2 Å². The van der Waals surface area contributed by atoms with Crippen molar-refractivity contribution in [2.75, 3.05) is 6.54 Å². The predicted molar refractivity (Wildman–Crippen MR) is 133 cm³/mol. The number of Topliss-reactive ketones (excluding diaryl/α,β-unsaturated/α-hetero) is 1. The van der Waals surface area contributed by atoms with E-state index >= 15 is 0 Å². The molecule has 0 bridgehead atoms. The minimum absolute atomic E-state index is 0.0733. The van der Waals surface area contributed by atoms with Crippen LogP contribution in [0.1, 0.15) is 24.8 Å². The van der Waals surface area contributed by atoms with Crippen molar-refractivity contribution in [1.29, 1.82) is 0 Å². The molecule has 3 heterocycles. The number of nitrogens with zero attached hydrogens (tertiary/aromatic N) is 2. The zero-order valence-corrected chi connectivity index (χ0v) is 21.1. The summed E-state index contributed by atoms with van der Waals surface area (Å²) in [6, 6.07) is 12.8. The van der Waals surface area contributed by atoms with Gasteiger partial charge in [-0.3, -0.25) is 9.78 Å². The molecular formula is C27H22F4N2O5S. The van der Waals surface area contributed by atoms with Gasteiger partial charge in [-0.05, 0) is 79.4 Å². The summed E-state index contributed by atoms with van der Waals surface area (Å²) < 4.78 is 87.8. The van der Waals surface area contributed by atoms with Crippen molar-refractivity contribution < 1.29 is 39.9 Å². The number of hydrogen-bond acceptors (Lipinski definition) is 6. The van der Waals surface area contributed by atoms with Crippen molar-refractivity contribution in [3.8, 4) is 17.0 Å². The molecular weight excluding hydrogens is 540 g/mol. The van der Waals surface area contributed by atoms with Crippen molar-refractivity contribution in [2.45, 2.75) is 43.2 Å². The standard InChI is InChI=1S/C27H22F4N2O5S/c28-20-6-10-25-19(15-20)16-26(37-25)39(35,36)33-13-1-2-23(33)24(34)9-3-17-11-12-32-22(14-17)18-4-7-21(8-5-18)38-27(29,30)31/h4-8,10-12,14-16,23H,1-3,9,13H2/t23-/m0/s1. The van der Waals surface area contributed by atoms with Gasteiger partial charge in [-0.15, -0.1) is 13.2 Å². The highest BCUT2D eigenvalue weighted by atomic mass is 32.2. The molecule has 0 radical (unpaired) electrons. The van der Waals surface area contributed by atoms with Crippen LogP contribution in [0.2, 0.25) is 0 Å². The molecule has 1 atom stereocenters. The van der Waals surface area contributed by atoms with Crippen LogP contribution in [-0.2, 0) is 21.2 Å². The number of ether oxygens (including phenoxy) is 1. The Morgan fingerprint density at radius 1 is 1.08 bits per heavy atom. The fourth-order valence-electron chi connectivity index (χ4n) is 4.63. The van der Waals surface area contributed by atoms with Gasteiger partial charge in [0.05, 0.1) is 11.7 Å². The highest BCUT2D eigenvalue weighted by molar-refractivity contribution is 7.89. The molecule has 0 spiro atoms. The van der Waals surface area contributed by atoms with Gasteiger partial charge in [0.15, 0.2) is 5.78 Å². The molecule has 0 aliphatic carbocycles. The molecule has 1 fully saturated rings. The molecule has 1 aliphatic rings. The number of alkyl halides is 3. The number of halogens is 4. The number of aryl methyl sites for hydroxylation is 1. The summed E-state index contributed by atoms with van der Waals surface area (Å²) in [6.45, 7) is 0.164. The van der Waals surface area contributed by atoms with E-state index in [-0.39, 0.29) is 35.2 Å². The van der Waals surface area contributed by atoms with Crippen molar-refractivity contribution in [1.82, 2.24) is 9.29 Å². The SMILES string of the molecule is O=C(CCc1ccnc(-c2ccc(OC(F)(F)F)cc2)c1)[C@@H]1CCCN1S(=O)(=O)c1cc2cc(F)ccc2o1. The van der Waals surface area contributed by atoms with E-state index in [1.807, 2.05) is 0 Å². The summed E-state index contributed by atoms with van der Waals surface area (Å²) in [5, 5.41) is -0.0279. The summed E-state index contributed by atoms with van der Waals surface area (Å²) >= 11 is 0. The molecule has 0 unspecified atom stereocenters. The Hall–Kier alpha value is -3.77. The summed E-state index contributed by atoms with van der Waals surface area (Å²) in [5.41, 5.74) is 2.06. The largest absolute Gasteiger partial charge is 0.573 e. The number of aromatic nitrogens is 1. The third kappa shape index (κ3) is 5.96. The van der Waals surface area contributed by atoms with Gasteiger partial charge in [0.1, 0.15) is 17.1 Å². The Morgan fingerprint density at radius 2 is 1.85 bits per heavy atom. The molecule has 1 saturated heterocycles. The van der Waals surface area contributed by atoms with E-state index in [4.69, 9.17) is 4.42 Å². The van der Waals surface area contributed by atoms with Gasteiger partial charge in [-0.1, -0.05) is 0 Å². The van der Waals surface area contributed by atoms with E-state index in [9.17, 15) is 30.8 Å². The smallest absolute Gasteiger partial charge is 0.443 e. The normalized spacial score (nSPS) is 16.6. The average molecular weight is 563 g/mol. The number of carbonyl (C=O) groups is 1. The Labute approximate surface area is 221 Å². The lowest BCUT2D eigenvalue weighted by atomic mass is 10.0. The number of pyridine rings is 1. The van der Waals surface area contributed by atoms with Gasteiger partial charge in [-0.25, -0.2) is 12.8 Å². The third-order valence-electron chi connectivity index (χ3n) is 6.46. The molecule has 7 nitrogen and oxygen atoms in total. The van der Waals surface area contributed by atoms with Crippen molar-refractivity contribution in [2.24, 2.45) is 0 Å². The minimum atomic E-state index is -4.79. The Bertz CT molecular complexity index is 1620. The lowest BCUT2D eigenvalue weighted by Crippen LogP contribution is -2.40. The zero-order valence-electron chi connectivity index (χ0n) is 20.3. The molecule has 4 aromatic rings. The molecule has 0 amide bonds. The molecule has 5 rings (SSSR count). The second kappa shape index (κ2) is 10.4. The summed E-state index contributed by atoms with van der Waals surface area (Å²) in [6.07, 6.45) is -1.97. The van der Waals surface area contributed by atoms with E-state index in [0.29, 0.717) is 35.9 Å². The van der Waals surface area contributed by atoms with Crippen molar-refractivity contribution in [3.05, 3.63) is 78.2 Å². The average Bonchev–Trinajstić information content (AvgIpc) is 3.55. The van der Waals surface area contributed by atoms with Gasteiger partial charge >= 0.3 is 6.36 Å². The molecule has 1 aliphatic heterocycles. The molecule has 0 saturated carbocycles. The van der Waals surface area contributed by atoms with Crippen LogP contribution in [0.5, 0.6) is 5.75 Å². The van der Waals surface area contributed by atoms with Crippen LogP contribution in [0.3, 0.4) is 0 Å². The molecule has 2 aromatic carbocycles. The number of carbonyl (C=O) groups excluding carboxylic acids is 1. The van der Waals surface area contributed by atoms with Crippen molar-refractivity contribution >= 4 is 26.8 Å². The number of ketones is 1. The first-order valence-electron chi connectivity index (χ1n) is 12.0. The molecule has 2 aromatic heterocycles. The highest BCUT2D eigenvalue weighted by Crippen LogP contribution is 2.32. The second-order valence-electron chi connectivity index (χ2n) is 9.11. The van der Waals surface area contributed by atoms with E-state index in [0.717, 1.165) is 9.87 Å². The topological polar surface area (TPSA) is 89.7 Å². The fraction of sp³-hybridized carbons (Fsp3) is 0.259. The first-order chi connectivity index (χ1) is 18.5. The van der Waals surface area contributed by atoms with Crippen LogP contribution in [0, 0.1) is 5.82 Å². The second-order valence-corrected chi connectivity index (χ2v) is 10.9. The molecule has 0 N–H and O–H groups in total. The van der Waals surface area contributed by atoms with E-state index in [1.54, 1.807) is 12.1 Å². The van der Waals surface area contributed by atoms with Gasteiger partial charge < -0.3 is 9.15 Å². The molecule has 39 heavy (non-hydrogen) atoms. The Morgan fingerprint density at radius 3 is 2.59 bits per heavy atom. The highest BCUT2D eigenvalue weighted by Gasteiger charge is 2.40. The number of fused-ring (bicyclic) bond motifs is 1. The lowest BCUT2D eigenvalue weighted by molar-refractivity contribution is -0.274. The number of furan rings is 1. The number of benzene rings is 2. The van der Waals surface area contributed by atoms with Crippen LogP contribution in [-0.4, -0.2) is 42.4 Å². The summed E-state index contributed by atoms with van der Waals surface area (Å²) in [5.74, 6) is -1.11. The maximum absolute atomic E-state index is 13.5. The lowest BCUT2D eigenvalue weighted by Gasteiger charge is -2.21. The molecule has 12 heteroatoms. The van der Waals surface area contributed by atoms with Gasteiger partial charge in [0.2, 0.25) is 5.09 Å². The first kappa shape index (κ1) is 26.8. The minimum Gasteiger partial charge on any atom is -0.443 e.